The lowest BCUT2D eigenvalue weighted by Crippen LogP contribution is -2.51. The third-order valence-corrected chi connectivity index (χ3v) is 4.44. The number of hydrogen-bond acceptors (Lipinski definition) is 2. The predicted molar refractivity (Wildman–Crippen MR) is 61.3 cm³/mol. The third-order valence-electron chi connectivity index (χ3n) is 4.44. The second kappa shape index (κ2) is 4.14. The van der Waals surface area contributed by atoms with Crippen molar-refractivity contribution in [2.75, 3.05) is 14.1 Å². The first-order valence-electron chi connectivity index (χ1n) is 6.27. The molecule has 2 nitrogen and oxygen atoms in total. The molecule has 1 unspecified atom stereocenters. The van der Waals surface area contributed by atoms with Crippen molar-refractivity contribution in [1.29, 1.82) is 5.26 Å². The van der Waals surface area contributed by atoms with Crippen molar-refractivity contribution in [1.82, 2.24) is 4.90 Å². The van der Waals surface area contributed by atoms with Crippen LogP contribution in [0.25, 0.3) is 0 Å². The van der Waals surface area contributed by atoms with Crippen molar-refractivity contribution in [2.24, 2.45) is 11.3 Å². The number of nitriles is 1. The predicted octanol–water partition coefficient (Wildman–Crippen LogP) is 2.80. The molecule has 0 amide bonds. The highest BCUT2D eigenvalue weighted by Gasteiger charge is 2.49. The first-order valence-corrected chi connectivity index (χ1v) is 6.27. The van der Waals surface area contributed by atoms with E-state index in [1.165, 1.54) is 32.1 Å². The maximum atomic E-state index is 9.44. The highest BCUT2D eigenvalue weighted by Crippen LogP contribution is 2.49. The molecule has 0 N–H and O–H groups in total. The molecule has 84 valence electrons. The molecule has 0 heterocycles. The fourth-order valence-corrected chi connectivity index (χ4v) is 3.67. The Kier molecular flexibility index (Phi) is 3.02. The lowest BCUT2D eigenvalue weighted by atomic mass is 9.61. The van der Waals surface area contributed by atoms with E-state index in [1.54, 1.807) is 0 Å². The van der Waals surface area contributed by atoms with Crippen molar-refractivity contribution >= 4 is 0 Å². The summed E-state index contributed by atoms with van der Waals surface area (Å²) < 4.78 is 0. The molecule has 0 spiro atoms. The molecule has 2 fully saturated rings. The van der Waals surface area contributed by atoms with E-state index in [9.17, 15) is 5.26 Å². The fraction of sp³-hybridized carbons (Fsp3) is 0.923. The Hall–Kier alpha value is -0.550. The van der Waals surface area contributed by atoms with Crippen LogP contribution < -0.4 is 0 Å². The Labute approximate surface area is 93.3 Å². The van der Waals surface area contributed by atoms with Crippen LogP contribution in [-0.4, -0.2) is 25.0 Å². The molecule has 0 bridgehead atoms. The maximum Gasteiger partial charge on any atom is 0.0731 e. The summed E-state index contributed by atoms with van der Waals surface area (Å²) in [7, 11) is 4.31. The molecule has 0 aromatic carbocycles. The minimum atomic E-state index is -0.00148. The summed E-state index contributed by atoms with van der Waals surface area (Å²) in [4.78, 5) is 2.32. The van der Waals surface area contributed by atoms with Gasteiger partial charge >= 0.3 is 0 Å². The molecule has 0 aliphatic heterocycles. The zero-order chi connectivity index (χ0) is 10.9. The Balaban J connectivity index is 2.15. The van der Waals surface area contributed by atoms with Crippen molar-refractivity contribution in [3.8, 4) is 6.07 Å². The van der Waals surface area contributed by atoms with Crippen LogP contribution in [0.5, 0.6) is 0 Å². The standard InChI is InChI=1S/C13H22N2/c1-15(2)12(11-6-3-4-7-11)13(10-14)8-5-9-13/h11-12H,3-9H2,1-2H3. The molecule has 0 aromatic heterocycles. The van der Waals surface area contributed by atoms with Crippen LogP contribution in [0, 0.1) is 22.7 Å². The van der Waals surface area contributed by atoms with Crippen LogP contribution >= 0.6 is 0 Å². The van der Waals surface area contributed by atoms with Gasteiger partial charge in [0.1, 0.15) is 0 Å². The molecule has 0 radical (unpaired) electrons. The van der Waals surface area contributed by atoms with Gasteiger partial charge in [0.25, 0.3) is 0 Å². The average Bonchev–Trinajstić information content (AvgIpc) is 2.62. The smallest absolute Gasteiger partial charge is 0.0731 e. The van der Waals surface area contributed by atoms with Gasteiger partial charge in [0.15, 0.2) is 0 Å². The summed E-state index contributed by atoms with van der Waals surface area (Å²) in [6, 6.07) is 3.14. The largest absolute Gasteiger partial charge is 0.305 e. The molecule has 2 rings (SSSR count). The average molecular weight is 206 g/mol. The Morgan fingerprint density at radius 1 is 1.20 bits per heavy atom. The van der Waals surface area contributed by atoms with Gasteiger partial charge in [0.2, 0.25) is 0 Å². The molecule has 1 atom stereocenters. The molecule has 0 saturated heterocycles. The first-order chi connectivity index (χ1) is 7.19. The zero-order valence-electron chi connectivity index (χ0n) is 10.00. The van der Waals surface area contributed by atoms with Crippen LogP contribution in [0.1, 0.15) is 44.9 Å². The lowest BCUT2D eigenvalue weighted by molar-refractivity contribution is 0.0355. The van der Waals surface area contributed by atoms with Crippen LogP contribution in [0.15, 0.2) is 0 Å². The van der Waals surface area contributed by atoms with E-state index in [0.717, 1.165) is 18.8 Å². The zero-order valence-corrected chi connectivity index (χ0v) is 10.00. The van der Waals surface area contributed by atoms with Gasteiger partial charge < -0.3 is 4.90 Å². The van der Waals surface area contributed by atoms with Crippen LogP contribution in [0.2, 0.25) is 0 Å². The second-order valence-corrected chi connectivity index (χ2v) is 5.57. The summed E-state index contributed by atoms with van der Waals surface area (Å²) in [5, 5.41) is 9.44. The van der Waals surface area contributed by atoms with Gasteiger partial charge in [-0.2, -0.15) is 5.26 Å². The van der Waals surface area contributed by atoms with Gasteiger partial charge in [-0.1, -0.05) is 19.3 Å². The monoisotopic (exact) mass is 206 g/mol. The normalized spacial score (nSPS) is 27.3. The first kappa shape index (κ1) is 11.0. The Bertz CT molecular complexity index is 254. The van der Waals surface area contributed by atoms with E-state index in [-0.39, 0.29) is 5.41 Å². The summed E-state index contributed by atoms with van der Waals surface area (Å²) in [6.45, 7) is 0. The summed E-state index contributed by atoms with van der Waals surface area (Å²) >= 11 is 0. The summed E-state index contributed by atoms with van der Waals surface area (Å²) in [6.07, 6.45) is 8.93. The van der Waals surface area contributed by atoms with Gasteiger partial charge in [-0.25, -0.2) is 0 Å². The summed E-state index contributed by atoms with van der Waals surface area (Å²) in [5.74, 6) is 0.778. The molecule has 2 aliphatic rings. The van der Waals surface area contributed by atoms with E-state index >= 15 is 0 Å². The number of nitrogens with zero attached hydrogens (tertiary/aromatic N) is 2. The van der Waals surface area contributed by atoms with Crippen molar-refractivity contribution in [2.45, 2.75) is 51.0 Å². The van der Waals surface area contributed by atoms with E-state index in [1.807, 2.05) is 0 Å². The van der Waals surface area contributed by atoms with Gasteiger partial charge in [-0.15, -0.1) is 0 Å². The minimum Gasteiger partial charge on any atom is -0.305 e. The highest BCUT2D eigenvalue weighted by atomic mass is 15.1. The number of rotatable bonds is 3. The number of hydrogen-bond donors (Lipinski definition) is 0. The molecule has 2 heteroatoms. The topological polar surface area (TPSA) is 27.0 Å². The Morgan fingerprint density at radius 3 is 2.13 bits per heavy atom. The quantitative estimate of drug-likeness (QED) is 0.710. The van der Waals surface area contributed by atoms with Crippen LogP contribution in [0.3, 0.4) is 0 Å². The van der Waals surface area contributed by atoms with Gasteiger partial charge in [0, 0.05) is 6.04 Å². The van der Waals surface area contributed by atoms with E-state index in [0.29, 0.717) is 6.04 Å². The lowest BCUT2D eigenvalue weighted by Gasteiger charge is -2.48. The van der Waals surface area contributed by atoms with Crippen molar-refractivity contribution < 1.29 is 0 Å². The van der Waals surface area contributed by atoms with Gasteiger partial charge in [-0.3, -0.25) is 0 Å². The van der Waals surface area contributed by atoms with Crippen molar-refractivity contribution in [3.63, 3.8) is 0 Å². The molecular formula is C13H22N2. The van der Waals surface area contributed by atoms with Gasteiger partial charge in [0.05, 0.1) is 11.5 Å². The highest BCUT2D eigenvalue weighted by molar-refractivity contribution is 5.13. The molecule has 0 aromatic rings. The fourth-order valence-electron chi connectivity index (χ4n) is 3.67. The second-order valence-electron chi connectivity index (χ2n) is 5.57. The third kappa shape index (κ3) is 1.78. The maximum absolute atomic E-state index is 9.44. The molecular weight excluding hydrogens is 184 g/mol. The SMILES string of the molecule is CN(C)C(C1CCCC1)C1(C#N)CCC1. The molecule has 2 aliphatic carbocycles. The van der Waals surface area contributed by atoms with Crippen molar-refractivity contribution in [3.05, 3.63) is 0 Å². The van der Waals surface area contributed by atoms with Crippen LogP contribution in [-0.2, 0) is 0 Å². The minimum absolute atomic E-state index is 0.00148. The van der Waals surface area contributed by atoms with Crippen LogP contribution in [0.4, 0.5) is 0 Å². The Morgan fingerprint density at radius 2 is 1.80 bits per heavy atom. The summed E-state index contributed by atoms with van der Waals surface area (Å²) in [5.41, 5.74) is -0.00148. The van der Waals surface area contributed by atoms with Gasteiger partial charge in [-0.05, 0) is 45.7 Å². The van der Waals surface area contributed by atoms with E-state index in [4.69, 9.17) is 0 Å². The van der Waals surface area contributed by atoms with E-state index in [2.05, 4.69) is 25.1 Å². The molecule has 15 heavy (non-hydrogen) atoms. The van der Waals surface area contributed by atoms with E-state index < -0.39 is 0 Å². The molecule has 2 saturated carbocycles.